The second-order valence-corrected chi connectivity index (χ2v) is 5.01. The van der Waals surface area contributed by atoms with Gasteiger partial charge in [-0.25, -0.2) is 9.83 Å². The van der Waals surface area contributed by atoms with Crippen LogP contribution >= 0.6 is 15.9 Å². The van der Waals surface area contributed by atoms with Crippen molar-refractivity contribution in [3.05, 3.63) is 52.3 Å². The molecule has 0 saturated carbocycles. The maximum absolute atomic E-state index is 7.16. The van der Waals surface area contributed by atoms with Crippen LogP contribution in [0.2, 0.25) is 0 Å². The fourth-order valence-electron chi connectivity index (χ4n) is 1.99. The molecule has 0 spiro atoms. The van der Waals surface area contributed by atoms with Crippen molar-refractivity contribution < 1.29 is 9.15 Å². The van der Waals surface area contributed by atoms with E-state index in [2.05, 4.69) is 25.8 Å². The first-order chi connectivity index (χ1) is 9.72. The molecular weight excluding hydrogens is 320 g/mol. The molecule has 0 atom stereocenters. The Morgan fingerprint density at radius 2 is 2.15 bits per heavy atom. The molecule has 3 rings (SSSR count). The standard InChI is InChI=1S/C15H9BrN2O2/c1-17-11-4-3-5-13-14(11)18-15(20-13)10-8-9(16)6-7-12(10)19-2/h3-8H,2H3. The second kappa shape index (κ2) is 4.99. The fourth-order valence-corrected chi connectivity index (χ4v) is 2.35. The van der Waals surface area contributed by atoms with E-state index in [1.165, 1.54) is 0 Å². The zero-order valence-electron chi connectivity index (χ0n) is 10.6. The summed E-state index contributed by atoms with van der Waals surface area (Å²) >= 11 is 3.42. The number of aromatic nitrogens is 1. The molecule has 0 saturated heterocycles. The predicted molar refractivity (Wildman–Crippen MR) is 80.0 cm³/mol. The van der Waals surface area contributed by atoms with Crippen molar-refractivity contribution in [3.63, 3.8) is 0 Å². The summed E-state index contributed by atoms with van der Waals surface area (Å²) < 4.78 is 12.0. The van der Waals surface area contributed by atoms with Gasteiger partial charge in [-0.15, -0.1) is 0 Å². The highest BCUT2D eigenvalue weighted by Crippen LogP contribution is 2.35. The van der Waals surface area contributed by atoms with E-state index < -0.39 is 0 Å². The number of fused-ring (bicyclic) bond motifs is 1. The van der Waals surface area contributed by atoms with Crippen molar-refractivity contribution in [2.45, 2.75) is 0 Å². The minimum Gasteiger partial charge on any atom is -0.496 e. The van der Waals surface area contributed by atoms with E-state index in [9.17, 15) is 0 Å². The molecule has 0 aliphatic carbocycles. The molecule has 98 valence electrons. The third kappa shape index (κ3) is 2.04. The minimum atomic E-state index is 0.439. The zero-order chi connectivity index (χ0) is 14.1. The van der Waals surface area contributed by atoms with Gasteiger partial charge in [-0.05, 0) is 24.3 Å². The Kier molecular flexibility index (Phi) is 3.17. The highest BCUT2D eigenvalue weighted by Gasteiger charge is 2.15. The lowest BCUT2D eigenvalue weighted by Gasteiger charge is -2.05. The van der Waals surface area contributed by atoms with Gasteiger partial charge in [0.25, 0.3) is 0 Å². The van der Waals surface area contributed by atoms with Gasteiger partial charge < -0.3 is 9.15 Å². The molecule has 0 bridgehead atoms. The van der Waals surface area contributed by atoms with Gasteiger partial charge in [-0.2, -0.15) is 0 Å². The Bertz CT molecular complexity index is 833. The summed E-state index contributed by atoms with van der Waals surface area (Å²) in [7, 11) is 1.60. The van der Waals surface area contributed by atoms with Gasteiger partial charge in [0.2, 0.25) is 11.6 Å². The lowest BCUT2D eigenvalue weighted by molar-refractivity contribution is 0.414. The SMILES string of the molecule is [C-]#[N+]c1cccc2oc(-c3cc(Br)ccc3OC)nc12. The van der Waals surface area contributed by atoms with Crippen molar-refractivity contribution >= 4 is 32.7 Å². The first-order valence-electron chi connectivity index (χ1n) is 5.84. The lowest BCUT2D eigenvalue weighted by Crippen LogP contribution is -1.87. The van der Waals surface area contributed by atoms with Crippen LogP contribution in [-0.4, -0.2) is 12.1 Å². The lowest BCUT2D eigenvalue weighted by atomic mass is 10.2. The number of ether oxygens (including phenoxy) is 1. The summed E-state index contributed by atoms with van der Waals surface area (Å²) in [6, 6.07) is 10.9. The molecule has 0 amide bonds. The van der Waals surface area contributed by atoms with Crippen LogP contribution in [0, 0.1) is 6.57 Å². The average Bonchev–Trinajstić information content (AvgIpc) is 2.90. The third-order valence-corrected chi connectivity index (χ3v) is 3.40. The molecule has 0 fully saturated rings. The number of benzene rings is 2. The molecule has 0 radical (unpaired) electrons. The van der Waals surface area contributed by atoms with Gasteiger partial charge >= 0.3 is 0 Å². The second-order valence-electron chi connectivity index (χ2n) is 4.10. The Labute approximate surface area is 123 Å². The fraction of sp³-hybridized carbons (Fsp3) is 0.0667. The quantitative estimate of drug-likeness (QED) is 0.633. The molecular formula is C15H9BrN2O2. The van der Waals surface area contributed by atoms with Crippen LogP contribution < -0.4 is 4.74 Å². The van der Waals surface area contributed by atoms with E-state index in [1.807, 2.05) is 18.2 Å². The first kappa shape index (κ1) is 12.7. The summed E-state index contributed by atoms with van der Waals surface area (Å²) in [6.07, 6.45) is 0. The number of halogens is 1. The van der Waals surface area contributed by atoms with Gasteiger partial charge in [0.05, 0.1) is 19.2 Å². The number of nitrogens with zero attached hydrogens (tertiary/aromatic N) is 2. The van der Waals surface area contributed by atoms with Gasteiger partial charge in [-0.3, -0.25) is 0 Å². The summed E-state index contributed by atoms with van der Waals surface area (Å²) in [4.78, 5) is 7.88. The van der Waals surface area contributed by atoms with Crippen molar-refractivity contribution in [1.82, 2.24) is 4.98 Å². The Balaban J connectivity index is 2.26. The van der Waals surface area contributed by atoms with Crippen molar-refractivity contribution in [1.29, 1.82) is 0 Å². The number of methoxy groups -OCH3 is 1. The van der Waals surface area contributed by atoms with Crippen LogP contribution in [0.1, 0.15) is 0 Å². The normalized spacial score (nSPS) is 10.4. The molecule has 0 unspecified atom stereocenters. The molecule has 0 aliphatic rings. The van der Waals surface area contributed by atoms with Gasteiger partial charge in [0.1, 0.15) is 16.8 Å². The van der Waals surface area contributed by atoms with E-state index in [4.69, 9.17) is 15.7 Å². The van der Waals surface area contributed by atoms with Gasteiger partial charge in [0.15, 0.2) is 0 Å². The molecule has 5 heteroatoms. The summed E-state index contributed by atoms with van der Waals surface area (Å²) in [5.74, 6) is 1.11. The molecule has 0 N–H and O–H groups in total. The molecule has 1 heterocycles. The van der Waals surface area contributed by atoms with E-state index in [0.29, 0.717) is 28.4 Å². The Hall–Kier alpha value is -2.32. The van der Waals surface area contributed by atoms with Crippen molar-refractivity contribution in [3.8, 4) is 17.2 Å². The highest BCUT2D eigenvalue weighted by molar-refractivity contribution is 9.10. The Morgan fingerprint density at radius 3 is 2.90 bits per heavy atom. The van der Waals surface area contributed by atoms with Crippen LogP contribution in [0.25, 0.3) is 27.4 Å². The number of para-hydroxylation sites is 1. The minimum absolute atomic E-state index is 0.439. The maximum atomic E-state index is 7.16. The molecule has 0 aliphatic heterocycles. The largest absolute Gasteiger partial charge is 0.496 e. The average molecular weight is 329 g/mol. The highest BCUT2D eigenvalue weighted by atomic mass is 79.9. The smallest absolute Gasteiger partial charge is 0.229 e. The third-order valence-electron chi connectivity index (χ3n) is 2.91. The van der Waals surface area contributed by atoms with E-state index in [-0.39, 0.29) is 0 Å². The predicted octanol–water partition coefficient (Wildman–Crippen LogP) is 4.82. The maximum Gasteiger partial charge on any atom is 0.229 e. The molecule has 20 heavy (non-hydrogen) atoms. The molecule has 1 aromatic heterocycles. The molecule has 3 aromatic rings. The van der Waals surface area contributed by atoms with Crippen LogP contribution in [0.15, 0.2) is 45.3 Å². The first-order valence-corrected chi connectivity index (χ1v) is 6.63. The van der Waals surface area contributed by atoms with Crippen LogP contribution in [-0.2, 0) is 0 Å². The van der Waals surface area contributed by atoms with Crippen LogP contribution in [0.4, 0.5) is 5.69 Å². The Morgan fingerprint density at radius 1 is 1.30 bits per heavy atom. The summed E-state index contributed by atoms with van der Waals surface area (Å²) in [5.41, 5.74) is 2.38. The van der Waals surface area contributed by atoms with E-state index in [0.717, 1.165) is 10.0 Å². The number of oxazole rings is 1. The zero-order valence-corrected chi connectivity index (χ0v) is 12.1. The van der Waals surface area contributed by atoms with Crippen LogP contribution in [0.5, 0.6) is 5.75 Å². The number of hydrogen-bond donors (Lipinski definition) is 0. The van der Waals surface area contributed by atoms with Gasteiger partial charge in [-0.1, -0.05) is 28.1 Å². The van der Waals surface area contributed by atoms with Gasteiger partial charge in [0, 0.05) is 4.47 Å². The number of hydrogen-bond acceptors (Lipinski definition) is 3. The summed E-state index contributed by atoms with van der Waals surface area (Å²) in [5, 5.41) is 0. The number of rotatable bonds is 2. The topological polar surface area (TPSA) is 39.6 Å². The van der Waals surface area contributed by atoms with Crippen molar-refractivity contribution in [2.24, 2.45) is 0 Å². The molecule has 2 aromatic carbocycles. The van der Waals surface area contributed by atoms with Crippen LogP contribution in [0.3, 0.4) is 0 Å². The van der Waals surface area contributed by atoms with E-state index in [1.54, 1.807) is 25.3 Å². The van der Waals surface area contributed by atoms with Crippen molar-refractivity contribution in [2.75, 3.05) is 7.11 Å². The summed E-state index contributed by atoms with van der Waals surface area (Å²) in [6.45, 7) is 7.16. The van der Waals surface area contributed by atoms with E-state index >= 15 is 0 Å². The monoisotopic (exact) mass is 328 g/mol. The molecule has 4 nitrogen and oxygen atoms in total.